The van der Waals surface area contributed by atoms with E-state index in [4.69, 9.17) is 14.6 Å². The van der Waals surface area contributed by atoms with E-state index in [0.29, 0.717) is 37.4 Å². The molecule has 1 aromatic rings. The summed E-state index contributed by atoms with van der Waals surface area (Å²) in [5, 5.41) is 8.97. The molecule has 1 heterocycles. The van der Waals surface area contributed by atoms with Gasteiger partial charge in [-0.25, -0.2) is 0 Å². The van der Waals surface area contributed by atoms with Gasteiger partial charge in [0.15, 0.2) is 11.5 Å². The van der Waals surface area contributed by atoms with Crippen LogP contribution in [-0.4, -0.2) is 49.2 Å². The van der Waals surface area contributed by atoms with Crippen LogP contribution in [0.4, 0.5) is 0 Å². The second kappa shape index (κ2) is 7.67. The Morgan fingerprint density at radius 2 is 1.83 bits per heavy atom. The van der Waals surface area contributed by atoms with Gasteiger partial charge in [0.1, 0.15) is 0 Å². The van der Waals surface area contributed by atoms with Crippen molar-refractivity contribution in [2.45, 2.75) is 12.8 Å². The first-order valence-corrected chi connectivity index (χ1v) is 7.47. The quantitative estimate of drug-likeness (QED) is 0.841. The van der Waals surface area contributed by atoms with Crippen molar-refractivity contribution in [2.24, 2.45) is 5.92 Å². The van der Waals surface area contributed by atoms with Gasteiger partial charge in [0.05, 0.1) is 20.1 Å². The fourth-order valence-electron chi connectivity index (χ4n) is 2.58. The third kappa shape index (κ3) is 4.25. The Morgan fingerprint density at radius 1 is 1.17 bits per heavy atom. The smallest absolute Gasteiger partial charge is 0.306 e. The Labute approximate surface area is 135 Å². The molecule has 1 saturated heterocycles. The highest BCUT2D eigenvalue weighted by Crippen LogP contribution is 2.28. The summed E-state index contributed by atoms with van der Waals surface area (Å²) in [5.41, 5.74) is 0.830. The molecule has 0 unspecified atom stereocenters. The van der Waals surface area contributed by atoms with Crippen molar-refractivity contribution < 1.29 is 24.2 Å². The highest BCUT2D eigenvalue weighted by atomic mass is 16.5. The van der Waals surface area contributed by atoms with Crippen molar-refractivity contribution in [1.29, 1.82) is 0 Å². The number of hydrogen-bond acceptors (Lipinski definition) is 4. The lowest BCUT2D eigenvalue weighted by Gasteiger charge is -2.29. The molecule has 0 aromatic heterocycles. The molecule has 0 radical (unpaired) electrons. The standard InChI is InChI=1S/C17H21NO5/c1-22-14-5-3-12(11-15(14)23-2)4-6-16(19)18-9-7-13(8-10-18)17(20)21/h3-6,11,13H,7-10H2,1-2H3,(H,20,21)/b6-4-. The van der Waals surface area contributed by atoms with Gasteiger partial charge in [-0.15, -0.1) is 0 Å². The Hall–Kier alpha value is -2.50. The molecule has 1 fully saturated rings. The summed E-state index contributed by atoms with van der Waals surface area (Å²) < 4.78 is 10.4. The number of carbonyl (C=O) groups excluding carboxylic acids is 1. The van der Waals surface area contributed by atoms with Crippen molar-refractivity contribution in [3.8, 4) is 11.5 Å². The number of piperidine rings is 1. The van der Waals surface area contributed by atoms with Crippen LogP contribution in [0.5, 0.6) is 11.5 Å². The van der Waals surface area contributed by atoms with E-state index in [-0.39, 0.29) is 11.8 Å². The Kier molecular flexibility index (Phi) is 5.62. The Balaban J connectivity index is 1.98. The molecule has 6 nitrogen and oxygen atoms in total. The van der Waals surface area contributed by atoms with E-state index in [2.05, 4.69) is 0 Å². The number of rotatable bonds is 5. The maximum absolute atomic E-state index is 12.2. The molecule has 23 heavy (non-hydrogen) atoms. The SMILES string of the molecule is COc1ccc(/C=C\C(=O)N2CCC(C(=O)O)CC2)cc1OC. The average molecular weight is 319 g/mol. The van der Waals surface area contributed by atoms with Gasteiger partial charge in [-0.05, 0) is 36.6 Å². The zero-order valence-electron chi connectivity index (χ0n) is 13.3. The van der Waals surface area contributed by atoms with E-state index >= 15 is 0 Å². The van der Waals surface area contributed by atoms with Gasteiger partial charge in [0.2, 0.25) is 5.91 Å². The van der Waals surface area contributed by atoms with E-state index < -0.39 is 5.97 Å². The average Bonchev–Trinajstić information content (AvgIpc) is 2.59. The molecule has 124 valence electrons. The summed E-state index contributed by atoms with van der Waals surface area (Å²) in [7, 11) is 3.13. The number of nitrogens with zero attached hydrogens (tertiary/aromatic N) is 1. The number of carboxylic acid groups (broad SMARTS) is 1. The molecule has 1 aliphatic heterocycles. The van der Waals surface area contributed by atoms with Crippen molar-refractivity contribution in [3.05, 3.63) is 29.8 Å². The fourth-order valence-corrected chi connectivity index (χ4v) is 2.58. The first-order chi connectivity index (χ1) is 11.0. The van der Waals surface area contributed by atoms with E-state index in [9.17, 15) is 9.59 Å². The van der Waals surface area contributed by atoms with E-state index in [1.807, 2.05) is 6.07 Å². The van der Waals surface area contributed by atoms with Gasteiger partial charge in [-0.1, -0.05) is 6.07 Å². The third-order valence-electron chi connectivity index (χ3n) is 3.98. The predicted octanol–water partition coefficient (Wildman–Crippen LogP) is 2.04. The second-order valence-electron chi connectivity index (χ2n) is 5.39. The number of amides is 1. The molecule has 2 rings (SSSR count). The van der Waals surface area contributed by atoms with Crippen LogP contribution >= 0.6 is 0 Å². The maximum Gasteiger partial charge on any atom is 0.306 e. The number of likely N-dealkylation sites (tertiary alicyclic amines) is 1. The van der Waals surface area contributed by atoms with Gasteiger partial charge in [0.25, 0.3) is 0 Å². The minimum Gasteiger partial charge on any atom is -0.493 e. The lowest BCUT2D eigenvalue weighted by Crippen LogP contribution is -2.39. The van der Waals surface area contributed by atoms with E-state index in [0.717, 1.165) is 5.56 Å². The molecule has 1 aliphatic rings. The van der Waals surface area contributed by atoms with E-state index in [1.165, 1.54) is 6.08 Å². The van der Waals surface area contributed by atoms with Crippen LogP contribution < -0.4 is 9.47 Å². The van der Waals surface area contributed by atoms with Crippen molar-refractivity contribution in [3.63, 3.8) is 0 Å². The zero-order valence-corrected chi connectivity index (χ0v) is 13.3. The van der Waals surface area contributed by atoms with Crippen molar-refractivity contribution >= 4 is 18.0 Å². The topological polar surface area (TPSA) is 76.1 Å². The number of carbonyl (C=O) groups is 2. The minimum atomic E-state index is -0.780. The van der Waals surface area contributed by atoms with Gasteiger partial charge >= 0.3 is 5.97 Å². The largest absolute Gasteiger partial charge is 0.493 e. The molecule has 0 bridgehead atoms. The summed E-state index contributed by atoms with van der Waals surface area (Å²) in [6.07, 6.45) is 4.23. The second-order valence-corrected chi connectivity index (χ2v) is 5.39. The summed E-state index contributed by atoms with van der Waals surface area (Å²) >= 11 is 0. The molecule has 1 aromatic carbocycles. The first kappa shape index (κ1) is 16.9. The molecule has 0 spiro atoms. The van der Waals surface area contributed by atoms with Gasteiger partial charge in [-0.3, -0.25) is 9.59 Å². The predicted molar refractivity (Wildman–Crippen MR) is 85.5 cm³/mol. The molecular formula is C17H21NO5. The minimum absolute atomic E-state index is 0.108. The van der Waals surface area contributed by atoms with Gasteiger partial charge in [-0.2, -0.15) is 0 Å². The van der Waals surface area contributed by atoms with Crippen molar-refractivity contribution in [2.75, 3.05) is 27.3 Å². The van der Waals surface area contributed by atoms with Crippen LogP contribution in [0.2, 0.25) is 0 Å². The molecular weight excluding hydrogens is 298 g/mol. The molecule has 0 saturated carbocycles. The number of ether oxygens (including phenoxy) is 2. The lowest BCUT2D eigenvalue weighted by atomic mass is 9.97. The van der Waals surface area contributed by atoms with Crippen molar-refractivity contribution in [1.82, 2.24) is 4.90 Å². The van der Waals surface area contributed by atoms with Crippen LogP contribution in [0.3, 0.4) is 0 Å². The van der Waals surface area contributed by atoms with Crippen LogP contribution in [0.15, 0.2) is 24.3 Å². The lowest BCUT2D eigenvalue weighted by molar-refractivity contribution is -0.144. The number of carboxylic acids is 1. The highest BCUT2D eigenvalue weighted by molar-refractivity contribution is 5.92. The van der Waals surface area contributed by atoms with Gasteiger partial charge < -0.3 is 19.5 Å². The van der Waals surface area contributed by atoms with Gasteiger partial charge in [0, 0.05) is 19.2 Å². The normalized spacial score (nSPS) is 15.7. The first-order valence-electron chi connectivity index (χ1n) is 7.47. The fraction of sp³-hybridized carbons (Fsp3) is 0.412. The molecule has 1 amide bonds. The number of methoxy groups -OCH3 is 2. The van der Waals surface area contributed by atoms with Crippen LogP contribution in [0.1, 0.15) is 18.4 Å². The maximum atomic E-state index is 12.2. The molecule has 1 N–H and O–H groups in total. The Bertz CT molecular complexity index is 603. The zero-order chi connectivity index (χ0) is 16.8. The number of benzene rings is 1. The monoisotopic (exact) mass is 319 g/mol. The van der Waals surface area contributed by atoms with Crippen LogP contribution in [0.25, 0.3) is 6.08 Å². The number of hydrogen-bond donors (Lipinski definition) is 1. The summed E-state index contributed by atoms with van der Waals surface area (Å²) in [6.45, 7) is 0.956. The number of aliphatic carboxylic acids is 1. The van der Waals surface area contributed by atoms with Crippen LogP contribution in [0, 0.1) is 5.92 Å². The molecule has 0 atom stereocenters. The Morgan fingerprint density at radius 3 is 2.39 bits per heavy atom. The third-order valence-corrected chi connectivity index (χ3v) is 3.98. The summed E-state index contributed by atoms with van der Waals surface area (Å²) in [6, 6.07) is 5.41. The highest BCUT2D eigenvalue weighted by Gasteiger charge is 2.25. The molecule has 6 heteroatoms. The van der Waals surface area contributed by atoms with E-state index in [1.54, 1.807) is 37.3 Å². The summed E-state index contributed by atoms with van der Waals surface area (Å²) in [4.78, 5) is 24.8. The molecule has 0 aliphatic carbocycles. The van der Waals surface area contributed by atoms with Crippen LogP contribution in [-0.2, 0) is 9.59 Å². The summed E-state index contributed by atoms with van der Waals surface area (Å²) in [5.74, 6) is 0.00608.